The Bertz CT molecular complexity index is 801. The Kier molecular flexibility index (Phi) is 4.90. The summed E-state index contributed by atoms with van der Waals surface area (Å²) in [5, 5.41) is 14.8. The third-order valence-corrected chi connectivity index (χ3v) is 4.46. The lowest BCUT2D eigenvalue weighted by Gasteiger charge is -2.09. The third-order valence-electron chi connectivity index (χ3n) is 3.14. The highest BCUT2D eigenvalue weighted by atomic mass is 79.9. The van der Waals surface area contributed by atoms with Crippen LogP contribution in [-0.2, 0) is 0 Å². The Labute approximate surface area is 145 Å². The summed E-state index contributed by atoms with van der Waals surface area (Å²) in [6.07, 6.45) is 2.15. The minimum Gasteiger partial charge on any atom is -0.457 e. The van der Waals surface area contributed by atoms with E-state index in [2.05, 4.69) is 26.2 Å². The van der Waals surface area contributed by atoms with Crippen molar-refractivity contribution in [2.24, 2.45) is 0 Å². The molecule has 0 aliphatic rings. The van der Waals surface area contributed by atoms with Gasteiger partial charge < -0.3 is 14.8 Å². The number of pyridine rings is 1. The largest absolute Gasteiger partial charge is 0.457 e. The van der Waals surface area contributed by atoms with Crippen LogP contribution in [0.15, 0.2) is 57.0 Å². The average molecular weight is 393 g/mol. The summed E-state index contributed by atoms with van der Waals surface area (Å²) in [5.74, 6) is 0.820. The predicted molar refractivity (Wildman–Crippen MR) is 91.3 cm³/mol. The van der Waals surface area contributed by atoms with Gasteiger partial charge in [-0.05, 0) is 45.6 Å². The number of aliphatic hydroxyl groups is 1. The van der Waals surface area contributed by atoms with E-state index in [0.717, 1.165) is 9.35 Å². The van der Waals surface area contributed by atoms with Crippen LogP contribution < -0.4 is 5.32 Å². The van der Waals surface area contributed by atoms with Gasteiger partial charge in [0.25, 0.3) is 5.91 Å². The molecule has 1 atom stereocenters. The smallest absolute Gasteiger partial charge is 0.252 e. The molecular formula is C16H13BrN2O3S. The number of aromatic nitrogens is 1. The van der Waals surface area contributed by atoms with Gasteiger partial charge in [-0.25, -0.2) is 0 Å². The molecule has 0 fully saturated rings. The first kappa shape index (κ1) is 15.9. The standard InChI is InChI=1S/C16H13BrN2O3S/c17-11-6-10(7-18-8-11)16(21)19-9-12(20)13-3-4-14(22-13)15-2-1-5-23-15/h1-8,12,20H,9H2,(H,19,21). The van der Waals surface area contributed by atoms with Gasteiger partial charge in [-0.15, -0.1) is 11.3 Å². The molecule has 118 valence electrons. The summed E-state index contributed by atoms with van der Waals surface area (Å²) in [4.78, 5) is 16.9. The number of aliphatic hydroxyl groups excluding tert-OH is 1. The van der Waals surface area contributed by atoms with Crippen LogP contribution in [0, 0.1) is 0 Å². The Balaban J connectivity index is 1.61. The number of hydrogen-bond donors (Lipinski definition) is 2. The first-order chi connectivity index (χ1) is 11.1. The van der Waals surface area contributed by atoms with E-state index >= 15 is 0 Å². The van der Waals surface area contributed by atoms with Gasteiger partial charge >= 0.3 is 0 Å². The van der Waals surface area contributed by atoms with Gasteiger partial charge in [0.1, 0.15) is 17.6 Å². The maximum Gasteiger partial charge on any atom is 0.252 e. The molecule has 0 aromatic carbocycles. The van der Waals surface area contributed by atoms with Crippen molar-refractivity contribution >= 4 is 33.2 Å². The second-order valence-corrected chi connectivity index (χ2v) is 6.66. The highest BCUT2D eigenvalue weighted by Gasteiger charge is 2.15. The van der Waals surface area contributed by atoms with E-state index in [1.807, 2.05) is 23.6 Å². The predicted octanol–water partition coefficient (Wildman–Crippen LogP) is 3.63. The number of furan rings is 1. The zero-order valence-electron chi connectivity index (χ0n) is 11.9. The topological polar surface area (TPSA) is 75.4 Å². The number of nitrogens with zero attached hydrogens (tertiary/aromatic N) is 1. The number of rotatable bonds is 5. The number of thiophene rings is 1. The van der Waals surface area contributed by atoms with Gasteiger partial charge in [0.15, 0.2) is 0 Å². The highest BCUT2D eigenvalue weighted by molar-refractivity contribution is 9.10. The summed E-state index contributed by atoms with van der Waals surface area (Å²) in [5.41, 5.74) is 0.422. The van der Waals surface area contributed by atoms with Crippen molar-refractivity contribution in [3.63, 3.8) is 0 Å². The van der Waals surface area contributed by atoms with Crippen LogP contribution in [0.3, 0.4) is 0 Å². The second-order valence-electron chi connectivity index (χ2n) is 4.80. The Hall–Kier alpha value is -1.96. The molecule has 2 N–H and O–H groups in total. The summed E-state index contributed by atoms with van der Waals surface area (Å²) in [6, 6.07) is 9.07. The fraction of sp³-hybridized carbons (Fsp3) is 0.125. The molecule has 0 bridgehead atoms. The average Bonchev–Trinajstić information content (AvgIpc) is 3.22. The van der Waals surface area contributed by atoms with Gasteiger partial charge in [-0.1, -0.05) is 6.07 Å². The Morgan fingerprint density at radius 3 is 3.00 bits per heavy atom. The van der Waals surface area contributed by atoms with Gasteiger partial charge in [-0.3, -0.25) is 9.78 Å². The fourth-order valence-electron chi connectivity index (χ4n) is 2.01. The highest BCUT2D eigenvalue weighted by Crippen LogP contribution is 2.28. The minimum atomic E-state index is -0.909. The summed E-state index contributed by atoms with van der Waals surface area (Å²) >= 11 is 4.82. The molecule has 7 heteroatoms. The van der Waals surface area contributed by atoms with Crippen LogP contribution in [-0.4, -0.2) is 22.5 Å². The number of amides is 1. The molecular weight excluding hydrogens is 380 g/mol. The Morgan fingerprint density at radius 1 is 1.39 bits per heavy atom. The first-order valence-corrected chi connectivity index (χ1v) is 8.51. The van der Waals surface area contributed by atoms with Crippen molar-refractivity contribution in [3.8, 4) is 10.6 Å². The molecule has 0 saturated heterocycles. The normalized spacial score (nSPS) is 12.1. The molecule has 0 saturated carbocycles. The van der Waals surface area contributed by atoms with Crippen molar-refractivity contribution in [2.45, 2.75) is 6.10 Å². The van der Waals surface area contributed by atoms with Crippen LogP contribution in [0.4, 0.5) is 0 Å². The quantitative estimate of drug-likeness (QED) is 0.694. The van der Waals surface area contributed by atoms with Crippen LogP contribution in [0.1, 0.15) is 22.2 Å². The van der Waals surface area contributed by atoms with Crippen molar-refractivity contribution in [1.82, 2.24) is 10.3 Å². The molecule has 0 aliphatic carbocycles. The number of carbonyl (C=O) groups is 1. The van der Waals surface area contributed by atoms with Gasteiger partial charge in [0, 0.05) is 16.9 Å². The maximum atomic E-state index is 12.0. The minimum absolute atomic E-state index is 0.0583. The van der Waals surface area contributed by atoms with Crippen molar-refractivity contribution in [2.75, 3.05) is 6.54 Å². The van der Waals surface area contributed by atoms with Crippen LogP contribution in [0.25, 0.3) is 10.6 Å². The molecule has 5 nitrogen and oxygen atoms in total. The number of nitrogens with one attached hydrogen (secondary N) is 1. The number of halogens is 1. The molecule has 1 amide bonds. The van der Waals surface area contributed by atoms with Crippen molar-refractivity contribution in [3.05, 3.63) is 63.9 Å². The molecule has 3 aromatic rings. The molecule has 0 radical (unpaired) electrons. The van der Waals surface area contributed by atoms with Crippen LogP contribution in [0.2, 0.25) is 0 Å². The van der Waals surface area contributed by atoms with E-state index in [1.54, 1.807) is 29.7 Å². The van der Waals surface area contributed by atoms with E-state index in [-0.39, 0.29) is 12.5 Å². The summed E-state index contributed by atoms with van der Waals surface area (Å²) in [7, 11) is 0. The van der Waals surface area contributed by atoms with E-state index in [0.29, 0.717) is 17.1 Å². The van der Waals surface area contributed by atoms with E-state index in [9.17, 15) is 9.90 Å². The molecule has 1 unspecified atom stereocenters. The molecule has 0 spiro atoms. The van der Waals surface area contributed by atoms with Gasteiger partial charge in [0.05, 0.1) is 17.0 Å². The van der Waals surface area contributed by atoms with Crippen LogP contribution in [0.5, 0.6) is 0 Å². The summed E-state index contributed by atoms with van der Waals surface area (Å²) < 4.78 is 6.36. The number of carbonyl (C=O) groups excluding carboxylic acids is 1. The summed E-state index contributed by atoms with van der Waals surface area (Å²) in [6.45, 7) is 0.0583. The molecule has 3 aromatic heterocycles. The lowest BCUT2D eigenvalue weighted by Crippen LogP contribution is -2.28. The number of hydrogen-bond acceptors (Lipinski definition) is 5. The van der Waals surface area contributed by atoms with E-state index in [1.165, 1.54) is 6.20 Å². The zero-order chi connectivity index (χ0) is 16.2. The molecule has 3 heterocycles. The Morgan fingerprint density at radius 2 is 2.26 bits per heavy atom. The third kappa shape index (κ3) is 3.87. The SMILES string of the molecule is O=C(NCC(O)c1ccc(-c2cccs2)o1)c1cncc(Br)c1. The van der Waals surface area contributed by atoms with Gasteiger partial charge in [0.2, 0.25) is 0 Å². The van der Waals surface area contributed by atoms with Crippen LogP contribution >= 0.6 is 27.3 Å². The first-order valence-electron chi connectivity index (χ1n) is 6.84. The van der Waals surface area contributed by atoms with E-state index < -0.39 is 6.10 Å². The second kappa shape index (κ2) is 7.08. The molecule has 23 heavy (non-hydrogen) atoms. The van der Waals surface area contributed by atoms with Crippen molar-refractivity contribution in [1.29, 1.82) is 0 Å². The maximum absolute atomic E-state index is 12.0. The lowest BCUT2D eigenvalue weighted by atomic mass is 10.2. The van der Waals surface area contributed by atoms with Gasteiger partial charge in [-0.2, -0.15) is 0 Å². The fourth-order valence-corrected chi connectivity index (χ4v) is 3.06. The monoisotopic (exact) mass is 392 g/mol. The lowest BCUT2D eigenvalue weighted by molar-refractivity contribution is 0.0901. The zero-order valence-corrected chi connectivity index (χ0v) is 14.3. The van der Waals surface area contributed by atoms with E-state index in [4.69, 9.17) is 4.42 Å². The molecule has 3 rings (SSSR count). The molecule has 0 aliphatic heterocycles. The van der Waals surface area contributed by atoms with Crippen molar-refractivity contribution < 1.29 is 14.3 Å².